The number of hydrogen-bond acceptors (Lipinski definition) is 4. The fraction of sp³-hybridized carbons (Fsp3) is 0.467. The number of aromatic nitrogens is 2. The van der Waals surface area contributed by atoms with Gasteiger partial charge < -0.3 is 9.42 Å². The van der Waals surface area contributed by atoms with Crippen LogP contribution < -0.4 is 0 Å². The van der Waals surface area contributed by atoms with Crippen molar-refractivity contribution in [2.75, 3.05) is 19.6 Å². The fourth-order valence-electron chi connectivity index (χ4n) is 2.62. The molecule has 3 rings (SSSR count). The zero-order valence-corrected chi connectivity index (χ0v) is 13.2. The summed E-state index contributed by atoms with van der Waals surface area (Å²) in [7, 11) is 0. The zero-order chi connectivity index (χ0) is 14.7. The highest BCUT2D eigenvalue weighted by molar-refractivity contribution is 6.35. The first-order chi connectivity index (χ1) is 10.2. The van der Waals surface area contributed by atoms with Crippen LogP contribution in [0.2, 0.25) is 10.0 Å². The molecule has 1 aromatic heterocycles. The van der Waals surface area contributed by atoms with E-state index in [1.165, 1.54) is 25.9 Å². The molecule has 4 nitrogen and oxygen atoms in total. The summed E-state index contributed by atoms with van der Waals surface area (Å²) in [5.41, 5.74) is 0.780. The van der Waals surface area contributed by atoms with Crippen LogP contribution in [0.1, 0.15) is 25.2 Å². The third-order valence-corrected chi connectivity index (χ3v) is 4.09. The number of benzene rings is 1. The summed E-state index contributed by atoms with van der Waals surface area (Å²) in [4.78, 5) is 6.89. The van der Waals surface area contributed by atoms with E-state index in [2.05, 4.69) is 15.0 Å². The average Bonchev–Trinajstić information content (AvgIpc) is 3.09. The number of halogens is 2. The molecule has 2 aromatic rings. The summed E-state index contributed by atoms with van der Waals surface area (Å²) in [6.07, 6.45) is 4.48. The van der Waals surface area contributed by atoms with E-state index >= 15 is 0 Å². The normalized spacial score (nSPS) is 15.7. The van der Waals surface area contributed by atoms with Gasteiger partial charge in [0.05, 0.1) is 0 Å². The smallest absolute Gasteiger partial charge is 0.227 e. The highest BCUT2D eigenvalue weighted by atomic mass is 35.5. The molecule has 0 aliphatic carbocycles. The molecule has 1 aliphatic heterocycles. The Morgan fingerprint density at radius 3 is 2.52 bits per heavy atom. The first-order valence-electron chi connectivity index (χ1n) is 7.22. The van der Waals surface area contributed by atoms with Gasteiger partial charge in [-0.05, 0) is 57.1 Å². The van der Waals surface area contributed by atoms with Gasteiger partial charge >= 0.3 is 0 Å². The van der Waals surface area contributed by atoms with Crippen LogP contribution >= 0.6 is 23.2 Å². The lowest BCUT2D eigenvalue weighted by Crippen LogP contribution is -2.20. The third-order valence-electron chi connectivity index (χ3n) is 3.65. The largest absolute Gasteiger partial charge is 0.339 e. The molecule has 0 atom stereocenters. The van der Waals surface area contributed by atoms with Crippen molar-refractivity contribution in [3.8, 4) is 11.4 Å². The molecule has 0 amide bonds. The van der Waals surface area contributed by atoms with E-state index < -0.39 is 0 Å². The van der Waals surface area contributed by atoms with Crippen molar-refractivity contribution < 1.29 is 4.52 Å². The van der Waals surface area contributed by atoms with Crippen LogP contribution in [0.15, 0.2) is 22.7 Å². The van der Waals surface area contributed by atoms with Crippen molar-refractivity contribution in [2.24, 2.45) is 0 Å². The Balaban J connectivity index is 1.60. The molecule has 2 heterocycles. The van der Waals surface area contributed by atoms with E-state index in [9.17, 15) is 0 Å². The number of rotatable bonds is 5. The lowest BCUT2D eigenvalue weighted by molar-refractivity contribution is 0.319. The standard InChI is InChI=1S/C15H17Cl2N3O/c16-12-8-11(9-13(17)10-12)15-18-14(21-19-15)4-3-7-20-5-1-2-6-20/h8-10H,1-7H2. The zero-order valence-electron chi connectivity index (χ0n) is 11.7. The molecule has 1 aromatic carbocycles. The van der Waals surface area contributed by atoms with Gasteiger partial charge in [0.25, 0.3) is 0 Å². The van der Waals surface area contributed by atoms with Gasteiger partial charge in [-0.2, -0.15) is 4.98 Å². The lowest BCUT2D eigenvalue weighted by atomic mass is 10.2. The third kappa shape index (κ3) is 3.96. The van der Waals surface area contributed by atoms with Crippen molar-refractivity contribution in [3.63, 3.8) is 0 Å². The first-order valence-corrected chi connectivity index (χ1v) is 7.98. The fourth-order valence-corrected chi connectivity index (χ4v) is 3.14. The second-order valence-corrected chi connectivity index (χ2v) is 6.20. The maximum Gasteiger partial charge on any atom is 0.227 e. The van der Waals surface area contributed by atoms with Crippen molar-refractivity contribution in [3.05, 3.63) is 34.1 Å². The van der Waals surface area contributed by atoms with Crippen molar-refractivity contribution >= 4 is 23.2 Å². The van der Waals surface area contributed by atoms with E-state index in [1.54, 1.807) is 18.2 Å². The molecule has 21 heavy (non-hydrogen) atoms. The maximum absolute atomic E-state index is 5.99. The molecular formula is C15H17Cl2N3O. The van der Waals surface area contributed by atoms with Crippen LogP contribution in [0, 0.1) is 0 Å². The van der Waals surface area contributed by atoms with E-state index in [1.807, 2.05) is 0 Å². The Hall–Kier alpha value is -1.10. The van der Waals surface area contributed by atoms with E-state index in [0.717, 1.165) is 24.9 Å². The van der Waals surface area contributed by atoms with E-state index in [4.69, 9.17) is 27.7 Å². The summed E-state index contributed by atoms with van der Waals surface area (Å²) in [5, 5.41) is 5.14. The molecule has 1 saturated heterocycles. The van der Waals surface area contributed by atoms with Crippen LogP contribution in [0.5, 0.6) is 0 Å². The van der Waals surface area contributed by atoms with Gasteiger partial charge in [0, 0.05) is 22.0 Å². The predicted octanol–water partition coefficient (Wildman–Crippen LogP) is 4.07. The monoisotopic (exact) mass is 325 g/mol. The molecular weight excluding hydrogens is 309 g/mol. The minimum atomic E-state index is 0.538. The molecule has 0 unspecified atom stereocenters. The number of hydrogen-bond donors (Lipinski definition) is 0. The molecule has 0 bridgehead atoms. The Morgan fingerprint density at radius 2 is 1.81 bits per heavy atom. The van der Waals surface area contributed by atoms with Crippen LogP contribution in [0.25, 0.3) is 11.4 Å². The highest BCUT2D eigenvalue weighted by Crippen LogP contribution is 2.25. The minimum absolute atomic E-state index is 0.538. The lowest BCUT2D eigenvalue weighted by Gasteiger charge is -2.12. The van der Waals surface area contributed by atoms with Gasteiger partial charge in [-0.25, -0.2) is 0 Å². The van der Waals surface area contributed by atoms with Crippen molar-refractivity contribution in [1.82, 2.24) is 15.0 Å². The average molecular weight is 326 g/mol. The van der Waals surface area contributed by atoms with Crippen LogP contribution in [0.4, 0.5) is 0 Å². The number of nitrogens with zero attached hydrogens (tertiary/aromatic N) is 3. The molecule has 1 aliphatic rings. The van der Waals surface area contributed by atoms with Gasteiger partial charge in [0.1, 0.15) is 0 Å². The van der Waals surface area contributed by atoms with Gasteiger partial charge in [-0.15, -0.1) is 0 Å². The summed E-state index contributed by atoms with van der Waals surface area (Å²) >= 11 is 12.0. The van der Waals surface area contributed by atoms with Crippen molar-refractivity contribution in [2.45, 2.75) is 25.7 Å². The van der Waals surface area contributed by atoms with Gasteiger partial charge in [0.2, 0.25) is 11.7 Å². The van der Waals surface area contributed by atoms with Crippen molar-refractivity contribution in [1.29, 1.82) is 0 Å². The molecule has 112 valence electrons. The highest BCUT2D eigenvalue weighted by Gasteiger charge is 2.13. The van der Waals surface area contributed by atoms with Gasteiger partial charge in [0.15, 0.2) is 0 Å². The number of likely N-dealkylation sites (tertiary alicyclic amines) is 1. The summed E-state index contributed by atoms with van der Waals surface area (Å²) < 4.78 is 5.30. The SMILES string of the molecule is Clc1cc(Cl)cc(-c2noc(CCCN3CCCC3)n2)c1. The Morgan fingerprint density at radius 1 is 1.10 bits per heavy atom. The summed E-state index contributed by atoms with van der Waals surface area (Å²) in [6, 6.07) is 5.25. The summed E-state index contributed by atoms with van der Waals surface area (Å²) in [5.74, 6) is 1.20. The maximum atomic E-state index is 5.99. The Bertz CT molecular complexity index is 588. The molecule has 0 spiro atoms. The Kier molecular flexibility index (Phi) is 4.78. The molecule has 6 heteroatoms. The van der Waals surface area contributed by atoms with Crippen LogP contribution in [-0.2, 0) is 6.42 Å². The first kappa shape index (κ1) is 14.8. The van der Waals surface area contributed by atoms with E-state index in [0.29, 0.717) is 21.8 Å². The second kappa shape index (κ2) is 6.77. The minimum Gasteiger partial charge on any atom is -0.339 e. The van der Waals surface area contributed by atoms with Crippen LogP contribution in [-0.4, -0.2) is 34.7 Å². The molecule has 0 saturated carbocycles. The predicted molar refractivity (Wildman–Crippen MR) is 83.7 cm³/mol. The van der Waals surface area contributed by atoms with Gasteiger partial charge in [-0.3, -0.25) is 0 Å². The molecule has 0 radical (unpaired) electrons. The second-order valence-electron chi connectivity index (χ2n) is 5.32. The van der Waals surface area contributed by atoms with Gasteiger partial charge in [-0.1, -0.05) is 28.4 Å². The topological polar surface area (TPSA) is 42.2 Å². The summed E-state index contributed by atoms with van der Waals surface area (Å²) in [6.45, 7) is 3.53. The molecule has 1 fully saturated rings. The van der Waals surface area contributed by atoms with E-state index in [-0.39, 0.29) is 0 Å². The molecule has 0 N–H and O–H groups in total. The number of aryl methyl sites for hydroxylation is 1. The van der Waals surface area contributed by atoms with Crippen LogP contribution in [0.3, 0.4) is 0 Å². The Labute approximate surface area is 134 Å². The quantitative estimate of drug-likeness (QED) is 0.830.